The summed E-state index contributed by atoms with van der Waals surface area (Å²) in [6, 6.07) is 9.38. The average molecular weight is 386 g/mol. The van der Waals surface area contributed by atoms with Gasteiger partial charge in [0.1, 0.15) is 6.04 Å². The van der Waals surface area contributed by atoms with E-state index in [4.69, 9.17) is 11.6 Å². The van der Waals surface area contributed by atoms with Gasteiger partial charge in [-0.05, 0) is 25.0 Å². The van der Waals surface area contributed by atoms with E-state index in [1.165, 1.54) is 4.80 Å². The van der Waals surface area contributed by atoms with Gasteiger partial charge in [-0.3, -0.25) is 9.48 Å². The molecule has 8 nitrogen and oxygen atoms in total. The highest BCUT2D eigenvalue weighted by Gasteiger charge is 2.29. The minimum Gasteiger partial charge on any atom is -0.341 e. The average Bonchev–Trinajstić information content (AvgIpc) is 3.37. The number of tetrazole rings is 1. The first-order chi connectivity index (χ1) is 13.1. The Bertz CT molecular complexity index is 915. The van der Waals surface area contributed by atoms with Crippen molar-refractivity contribution < 1.29 is 4.79 Å². The zero-order valence-electron chi connectivity index (χ0n) is 14.9. The summed E-state index contributed by atoms with van der Waals surface area (Å²) < 4.78 is 1.89. The van der Waals surface area contributed by atoms with Crippen LogP contribution in [0.2, 0.25) is 5.02 Å². The Morgan fingerprint density at radius 2 is 1.96 bits per heavy atom. The molecule has 1 aromatic carbocycles. The fourth-order valence-corrected chi connectivity index (χ4v) is 3.46. The number of likely N-dealkylation sites (tertiary alicyclic amines) is 1. The van der Waals surface area contributed by atoms with Gasteiger partial charge in [0.05, 0.1) is 17.3 Å². The van der Waals surface area contributed by atoms with Crippen molar-refractivity contribution >= 4 is 17.5 Å². The summed E-state index contributed by atoms with van der Waals surface area (Å²) in [4.78, 5) is 16.1. The molecule has 1 fully saturated rings. The van der Waals surface area contributed by atoms with Gasteiger partial charge < -0.3 is 4.90 Å². The minimum absolute atomic E-state index is 0.00367. The first-order valence-electron chi connectivity index (χ1n) is 8.95. The lowest BCUT2D eigenvalue weighted by atomic mass is 10.0. The maximum atomic E-state index is 12.8. The molecular formula is C18H20ClN7O. The second-order valence-corrected chi connectivity index (χ2v) is 7.11. The molecule has 1 saturated heterocycles. The normalized spacial score (nSPS) is 16.4. The van der Waals surface area contributed by atoms with Crippen LogP contribution in [-0.2, 0) is 4.79 Å². The number of benzene rings is 1. The zero-order chi connectivity index (χ0) is 18.8. The second kappa shape index (κ2) is 7.48. The quantitative estimate of drug-likeness (QED) is 0.689. The number of carbonyl (C=O) groups is 1. The molecule has 0 bridgehead atoms. The predicted octanol–water partition coefficient (Wildman–Crippen LogP) is 2.61. The lowest BCUT2D eigenvalue weighted by molar-refractivity contribution is -0.136. The molecule has 0 unspecified atom stereocenters. The number of hydrogen-bond acceptors (Lipinski definition) is 5. The molecular weight excluding hydrogens is 366 g/mol. The van der Waals surface area contributed by atoms with Crippen molar-refractivity contribution in [3.05, 3.63) is 47.7 Å². The fraction of sp³-hybridized carbons (Fsp3) is 0.389. The summed E-state index contributed by atoms with van der Waals surface area (Å²) >= 11 is 5.94. The van der Waals surface area contributed by atoms with E-state index in [-0.39, 0.29) is 11.9 Å². The topological polar surface area (TPSA) is 81.7 Å². The lowest BCUT2D eigenvalue weighted by Gasteiger charge is -2.33. The number of carbonyl (C=O) groups excluding carboxylic acids is 1. The van der Waals surface area contributed by atoms with Gasteiger partial charge in [0.2, 0.25) is 11.7 Å². The molecule has 27 heavy (non-hydrogen) atoms. The largest absolute Gasteiger partial charge is 0.341 e. The van der Waals surface area contributed by atoms with Gasteiger partial charge in [0, 0.05) is 24.8 Å². The van der Waals surface area contributed by atoms with Crippen LogP contribution in [-0.4, -0.2) is 53.9 Å². The van der Waals surface area contributed by atoms with Crippen LogP contribution in [0.3, 0.4) is 0 Å². The lowest BCUT2D eigenvalue weighted by Crippen LogP contribution is -2.42. The van der Waals surface area contributed by atoms with E-state index >= 15 is 0 Å². The van der Waals surface area contributed by atoms with Gasteiger partial charge in [-0.15, -0.1) is 10.2 Å². The van der Waals surface area contributed by atoms with Crippen molar-refractivity contribution in [2.75, 3.05) is 13.1 Å². The third-order valence-electron chi connectivity index (χ3n) is 4.88. The SMILES string of the molecule is C[C@H](C(=O)N1CCC(n2cc(Cl)cn2)CC1)n1nnc(-c2ccccc2)n1. The van der Waals surface area contributed by atoms with Crippen LogP contribution in [0.15, 0.2) is 42.7 Å². The molecule has 0 spiro atoms. The molecule has 1 aliphatic heterocycles. The Kier molecular flexibility index (Phi) is 4.89. The highest BCUT2D eigenvalue weighted by atomic mass is 35.5. The first-order valence-corrected chi connectivity index (χ1v) is 9.33. The number of amides is 1. The summed E-state index contributed by atoms with van der Waals surface area (Å²) in [7, 11) is 0. The molecule has 2 aromatic heterocycles. The molecule has 3 heterocycles. The van der Waals surface area contributed by atoms with Gasteiger partial charge >= 0.3 is 0 Å². The molecule has 4 rings (SSSR count). The second-order valence-electron chi connectivity index (χ2n) is 6.67. The van der Waals surface area contributed by atoms with Gasteiger partial charge in [-0.25, -0.2) is 0 Å². The van der Waals surface area contributed by atoms with Crippen LogP contribution in [0.4, 0.5) is 0 Å². The first kappa shape index (κ1) is 17.7. The number of halogens is 1. The van der Waals surface area contributed by atoms with Crippen LogP contribution in [0.1, 0.15) is 31.8 Å². The van der Waals surface area contributed by atoms with Crippen molar-refractivity contribution in [3.63, 3.8) is 0 Å². The smallest absolute Gasteiger partial charge is 0.249 e. The molecule has 1 aliphatic rings. The van der Waals surface area contributed by atoms with Crippen molar-refractivity contribution in [2.24, 2.45) is 0 Å². The fourth-order valence-electron chi connectivity index (χ4n) is 3.32. The van der Waals surface area contributed by atoms with Crippen LogP contribution >= 0.6 is 11.6 Å². The summed E-state index contributed by atoms with van der Waals surface area (Å²) in [6.07, 6.45) is 5.16. The van der Waals surface area contributed by atoms with E-state index in [9.17, 15) is 4.79 Å². The number of rotatable bonds is 4. The minimum atomic E-state index is -0.495. The van der Waals surface area contributed by atoms with Gasteiger partial charge in [-0.2, -0.15) is 9.90 Å². The Labute approximate surface area is 161 Å². The Morgan fingerprint density at radius 3 is 2.63 bits per heavy atom. The molecule has 0 aliphatic carbocycles. The molecule has 0 radical (unpaired) electrons. The van der Waals surface area contributed by atoms with E-state index in [1.807, 2.05) is 46.1 Å². The van der Waals surface area contributed by atoms with Gasteiger partial charge in [-0.1, -0.05) is 41.9 Å². The number of nitrogens with zero attached hydrogens (tertiary/aromatic N) is 7. The number of piperidine rings is 1. The van der Waals surface area contributed by atoms with E-state index in [2.05, 4.69) is 20.5 Å². The number of hydrogen-bond donors (Lipinski definition) is 0. The molecule has 9 heteroatoms. The molecule has 1 amide bonds. The summed E-state index contributed by atoms with van der Waals surface area (Å²) in [5.41, 5.74) is 0.877. The van der Waals surface area contributed by atoms with Crippen molar-refractivity contribution in [3.8, 4) is 11.4 Å². The van der Waals surface area contributed by atoms with E-state index in [0.29, 0.717) is 23.9 Å². The van der Waals surface area contributed by atoms with Gasteiger partial charge in [0.25, 0.3) is 0 Å². The van der Waals surface area contributed by atoms with Crippen LogP contribution < -0.4 is 0 Å². The highest BCUT2D eigenvalue weighted by Crippen LogP contribution is 2.24. The summed E-state index contributed by atoms with van der Waals surface area (Å²) in [5.74, 6) is 0.522. The van der Waals surface area contributed by atoms with Crippen LogP contribution in [0.25, 0.3) is 11.4 Å². The Balaban J connectivity index is 1.39. The standard InChI is InChI=1S/C18H20ClN7O/c1-13(26-22-17(21-23-26)14-5-3-2-4-6-14)18(27)24-9-7-16(8-10-24)25-12-15(19)11-20-25/h2-6,11-13,16H,7-10H2,1H3/t13-/m1/s1. The third kappa shape index (κ3) is 3.71. The van der Waals surface area contributed by atoms with Crippen molar-refractivity contribution in [1.82, 2.24) is 34.9 Å². The maximum Gasteiger partial charge on any atom is 0.249 e. The zero-order valence-corrected chi connectivity index (χ0v) is 15.7. The molecule has 0 saturated carbocycles. The van der Waals surface area contributed by atoms with Gasteiger partial charge in [0.15, 0.2) is 0 Å². The highest BCUT2D eigenvalue weighted by molar-refractivity contribution is 6.30. The molecule has 3 aromatic rings. The van der Waals surface area contributed by atoms with E-state index < -0.39 is 6.04 Å². The van der Waals surface area contributed by atoms with Crippen LogP contribution in [0, 0.1) is 0 Å². The third-order valence-corrected chi connectivity index (χ3v) is 5.08. The maximum absolute atomic E-state index is 12.8. The Morgan fingerprint density at radius 1 is 1.22 bits per heavy atom. The van der Waals surface area contributed by atoms with E-state index in [0.717, 1.165) is 18.4 Å². The molecule has 140 valence electrons. The van der Waals surface area contributed by atoms with Crippen molar-refractivity contribution in [1.29, 1.82) is 0 Å². The monoisotopic (exact) mass is 385 g/mol. The van der Waals surface area contributed by atoms with Crippen LogP contribution in [0.5, 0.6) is 0 Å². The number of aromatic nitrogens is 6. The molecule has 1 atom stereocenters. The predicted molar refractivity (Wildman–Crippen MR) is 100 cm³/mol. The molecule has 0 N–H and O–H groups in total. The summed E-state index contributed by atoms with van der Waals surface area (Å²) in [6.45, 7) is 3.15. The Hall–Kier alpha value is -2.74. The summed E-state index contributed by atoms with van der Waals surface area (Å²) in [5, 5.41) is 17.4. The van der Waals surface area contributed by atoms with E-state index in [1.54, 1.807) is 13.1 Å². The van der Waals surface area contributed by atoms with Crippen molar-refractivity contribution in [2.45, 2.75) is 31.8 Å².